The topological polar surface area (TPSA) is 195 Å². The number of ether oxygens (including phenoxy) is 1. The normalized spacial score (nSPS) is 22.6. The number of nitrogens with one attached hydrogen (secondary N) is 3. The zero-order chi connectivity index (χ0) is 21.4. The molecule has 1 fully saturated rings. The number of carboxylic acid groups (broad SMARTS) is 2. The van der Waals surface area contributed by atoms with Crippen molar-refractivity contribution in [3.05, 3.63) is 0 Å². The number of guanidine groups is 1. The van der Waals surface area contributed by atoms with Crippen molar-refractivity contribution < 1.29 is 47.6 Å². The SMILES string of the molecule is CC(=O)NC(COC(=O)C(F)(F)F)[C@@H]1C[C@@H](O)C[C@H]1NC(=N)N.O=C(O)O. The highest BCUT2D eigenvalue weighted by molar-refractivity contribution is 5.76. The molecule has 0 radical (unpaired) electrons. The molecule has 0 aliphatic heterocycles. The predicted molar refractivity (Wildman–Crippen MR) is 82.8 cm³/mol. The Balaban J connectivity index is 0.00000153. The summed E-state index contributed by atoms with van der Waals surface area (Å²) in [6.07, 6.45) is -7.38. The third-order valence-electron chi connectivity index (χ3n) is 3.46. The van der Waals surface area contributed by atoms with Crippen LogP contribution in [0.5, 0.6) is 0 Å². The number of nitrogens with two attached hydrogens (primary N) is 1. The number of aliphatic hydroxyl groups excluding tert-OH is 1. The largest absolute Gasteiger partial charge is 0.503 e. The quantitative estimate of drug-likeness (QED) is 0.179. The van der Waals surface area contributed by atoms with E-state index >= 15 is 0 Å². The van der Waals surface area contributed by atoms with Gasteiger partial charge in [-0.3, -0.25) is 10.2 Å². The summed E-state index contributed by atoms with van der Waals surface area (Å²) in [7, 11) is 0. The third kappa shape index (κ3) is 10.1. The molecule has 0 aromatic rings. The molecule has 156 valence electrons. The molecule has 0 bridgehead atoms. The van der Waals surface area contributed by atoms with Crippen LogP contribution in [0.25, 0.3) is 0 Å². The van der Waals surface area contributed by atoms with Crippen molar-refractivity contribution in [2.24, 2.45) is 11.7 Å². The van der Waals surface area contributed by atoms with E-state index in [-0.39, 0.29) is 18.8 Å². The van der Waals surface area contributed by atoms with Gasteiger partial charge < -0.3 is 36.4 Å². The lowest BCUT2D eigenvalue weighted by atomic mass is 9.94. The minimum absolute atomic E-state index is 0.152. The number of alkyl halides is 3. The van der Waals surface area contributed by atoms with E-state index in [4.69, 9.17) is 26.2 Å². The Morgan fingerprint density at radius 1 is 1.30 bits per heavy atom. The molecule has 0 spiro atoms. The molecule has 1 amide bonds. The third-order valence-corrected chi connectivity index (χ3v) is 3.46. The number of hydrogen-bond donors (Lipinski definition) is 7. The highest BCUT2D eigenvalue weighted by Gasteiger charge is 2.43. The Bertz CT molecular complexity index is 555. The maximum atomic E-state index is 12.2. The summed E-state index contributed by atoms with van der Waals surface area (Å²) < 4.78 is 40.8. The number of rotatable bonds is 5. The van der Waals surface area contributed by atoms with Crippen LogP contribution in [-0.2, 0) is 14.3 Å². The first-order valence-corrected chi connectivity index (χ1v) is 7.45. The van der Waals surface area contributed by atoms with Crippen LogP contribution in [0.4, 0.5) is 18.0 Å². The van der Waals surface area contributed by atoms with Gasteiger partial charge >= 0.3 is 18.3 Å². The lowest BCUT2D eigenvalue weighted by molar-refractivity contribution is -0.200. The fourth-order valence-electron chi connectivity index (χ4n) is 2.63. The van der Waals surface area contributed by atoms with E-state index in [0.29, 0.717) is 0 Å². The van der Waals surface area contributed by atoms with Crippen molar-refractivity contribution in [2.45, 2.75) is 44.1 Å². The molecule has 0 aromatic carbocycles. The maximum Gasteiger partial charge on any atom is 0.503 e. The molecule has 4 atom stereocenters. The van der Waals surface area contributed by atoms with E-state index < -0.39 is 54.9 Å². The number of carbonyl (C=O) groups excluding carboxylic acids is 2. The average Bonchev–Trinajstić information content (AvgIpc) is 2.80. The molecule has 0 saturated heterocycles. The van der Waals surface area contributed by atoms with Crippen molar-refractivity contribution in [1.29, 1.82) is 5.41 Å². The number of amides is 1. The fraction of sp³-hybridized carbons (Fsp3) is 0.692. The first-order chi connectivity index (χ1) is 12.2. The lowest BCUT2D eigenvalue weighted by Crippen LogP contribution is -2.51. The van der Waals surface area contributed by atoms with E-state index in [0.717, 1.165) is 6.92 Å². The Labute approximate surface area is 151 Å². The van der Waals surface area contributed by atoms with E-state index in [9.17, 15) is 27.9 Å². The van der Waals surface area contributed by atoms with Gasteiger partial charge in [0, 0.05) is 18.9 Å². The summed E-state index contributed by atoms with van der Waals surface area (Å²) in [5, 5.41) is 35.9. The lowest BCUT2D eigenvalue weighted by Gasteiger charge is -2.29. The Morgan fingerprint density at radius 2 is 1.81 bits per heavy atom. The second-order valence-corrected chi connectivity index (χ2v) is 5.64. The molecule has 14 heteroatoms. The standard InChI is InChI=1S/C12H19F3N4O4.CH2O3/c1-5(20)18-9(4-23-10(22)12(13,14)15)7-2-6(21)3-8(7)19-11(16)17;2-1(3)4/h6-9,21H,2-4H2,1H3,(H,18,20)(H4,16,17,19);(H2,2,3,4)/t6-,7-,8-,9?;/m1./s1. The summed E-state index contributed by atoms with van der Waals surface area (Å²) >= 11 is 0. The van der Waals surface area contributed by atoms with Gasteiger partial charge in [0.05, 0.1) is 12.1 Å². The van der Waals surface area contributed by atoms with Gasteiger partial charge in [-0.2, -0.15) is 13.2 Å². The first kappa shape index (κ1) is 24.2. The molecule has 1 unspecified atom stereocenters. The summed E-state index contributed by atoms with van der Waals surface area (Å²) in [5.74, 6) is -3.81. The molecule has 1 aliphatic rings. The van der Waals surface area contributed by atoms with Crippen LogP contribution in [0.2, 0.25) is 0 Å². The summed E-state index contributed by atoms with van der Waals surface area (Å²) in [6.45, 7) is 0.461. The molecule has 8 N–H and O–H groups in total. The average molecular weight is 402 g/mol. The highest BCUT2D eigenvalue weighted by Crippen LogP contribution is 2.29. The molecular formula is C13H21F3N4O7. The first-order valence-electron chi connectivity index (χ1n) is 7.45. The second-order valence-electron chi connectivity index (χ2n) is 5.64. The minimum Gasteiger partial charge on any atom is -0.457 e. The van der Waals surface area contributed by atoms with Gasteiger partial charge in [0.1, 0.15) is 6.61 Å². The van der Waals surface area contributed by atoms with Gasteiger partial charge in [-0.05, 0) is 12.8 Å². The zero-order valence-corrected chi connectivity index (χ0v) is 14.1. The molecule has 1 rings (SSSR count). The number of esters is 1. The molecule has 27 heavy (non-hydrogen) atoms. The molecule has 11 nitrogen and oxygen atoms in total. The van der Waals surface area contributed by atoms with Crippen molar-refractivity contribution in [1.82, 2.24) is 10.6 Å². The number of carbonyl (C=O) groups is 3. The van der Waals surface area contributed by atoms with E-state index in [1.165, 1.54) is 0 Å². The molecular weight excluding hydrogens is 381 g/mol. The zero-order valence-electron chi connectivity index (χ0n) is 14.1. The molecule has 0 heterocycles. The maximum absolute atomic E-state index is 12.2. The van der Waals surface area contributed by atoms with Gasteiger partial charge in [0.15, 0.2) is 5.96 Å². The van der Waals surface area contributed by atoms with Crippen LogP contribution in [0, 0.1) is 11.3 Å². The van der Waals surface area contributed by atoms with Crippen LogP contribution in [0.1, 0.15) is 19.8 Å². The van der Waals surface area contributed by atoms with Crippen LogP contribution in [-0.4, -0.2) is 70.3 Å². The van der Waals surface area contributed by atoms with Gasteiger partial charge in [0.2, 0.25) is 5.91 Å². The van der Waals surface area contributed by atoms with Gasteiger partial charge in [-0.15, -0.1) is 0 Å². The van der Waals surface area contributed by atoms with Crippen LogP contribution in [0.15, 0.2) is 0 Å². The summed E-state index contributed by atoms with van der Waals surface area (Å²) in [4.78, 5) is 30.6. The summed E-state index contributed by atoms with van der Waals surface area (Å²) in [5.41, 5.74) is 5.23. The number of halogens is 3. The number of hydrogen-bond acceptors (Lipinski definition) is 6. The Hall–Kier alpha value is -2.77. The van der Waals surface area contributed by atoms with Crippen molar-refractivity contribution >= 4 is 24.0 Å². The van der Waals surface area contributed by atoms with Gasteiger partial charge in [-0.25, -0.2) is 9.59 Å². The van der Waals surface area contributed by atoms with E-state index in [2.05, 4.69) is 15.4 Å². The van der Waals surface area contributed by atoms with Crippen LogP contribution < -0.4 is 16.4 Å². The Kier molecular flexibility index (Phi) is 9.33. The summed E-state index contributed by atoms with van der Waals surface area (Å²) in [6, 6.07) is -1.49. The highest BCUT2D eigenvalue weighted by atomic mass is 19.4. The minimum atomic E-state index is -5.13. The van der Waals surface area contributed by atoms with Crippen molar-refractivity contribution in [3.63, 3.8) is 0 Å². The fourth-order valence-corrected chi connectivity index (χ4v) is 2.63. The Morgan fingerprint density at radius 3 is 2.22 bits per heavy atom. The van der Waals surface area contributed by atoms with Crippen LogP contribution >= 0.6 is 0 Å². The molecule has 1 aliphatic carbocycles. The predicted octanol–water partition coefficient (Wildman–Crippen LogP) is -0.558. The number of aliphatic hydroxyl groups is 1. The van der Waals surface area contributed by atoms with Crippen molar-refractivity contribution in [3.8, 4) is 0 Å². The second kappa shape index (κ2) is 10.4. The monoisotopic (exact) mass is 402 g/mol. The molecule has 1 saturated carbocycles. The van der Waals surface area contributed by atoms with Gasteiger partial charge in [-0.1, -0.05) is 0 Å². The smallest absolute Gasteiger partial charge is 0.457 e. The van der Waals surface area contributed by atoms with Crippen LogP contribution in [0.3, 0.4) is 0 Å². The van der Waals surface area contributed by atoms with Crippen molar-refractivity contribution in [2.75, 3.05) is 6.61 Å². The van der Waals surface area contributed by atoms with E-state index in [1.54, 1.807) is 0 Å². The van der Waals surface area contributed by atoms with E-state index in [1.807, 2.05) is 0 Å². The molecule has 0 aromatic heterocycles. The van der Waals surface area contributed by atoms with Gasteiger partial charge in [0.25, 0.3) is 0 Å².